The standard InChI is InChI=1S/C9H7BrN4O2/c1-14-8(9(15)16)6(10)7(13-14)5-4-11-2-3-12-5/h2-4H,1H3,(H,15,16). The van der Waals surface area contributed by atoms with Crippen molar-refractivity contribution in [2.45, 2.75) is 0 Å². The summed E-state index contributed by atoms with van der Waals surface area (Å²) in [5.41, 5.74) is 1.08. The van der Waals surface area contributed by atoms with E-state index in [1.54, 1.807) is 13.2 Å². The van der Waals surface area contributed by atoms with Crippen LogP contribution in [0.3, 0.4) is 0 Å². The normalized spacial score (nSPS) is 10.4. The second-order valence-electron chi connectivity index (χ2n) is 3.03. The Bertz CT molecular complexity index is 538. The highest BCUT2D eigenvalue weighted by molar-refractivity contribution is 9.10. The zero-order valence-electron chi connectivity index (χ0n) is 8.25. The molecule has 2 rings (SSSR count). The second kappa shape index (κ2) is 4.01. The molecule has 2 aromatic rings. The number of aryl methyl sites for hydroxylation is 1. The molecule has 0 atom stereocenters. The number of carbonyl (C=O) groups is 1. The molecule has 0 aliphatic rings. The Morgan fingerprint density at radius 3 is 2.75 bits per heavy atom. The molecule has 2 heterocycles. The summed E-state index contributed by atoms with van der Waals surface area (Å²) >= 11 is 3.21. The SMILES string of the molecule is Cn1nc(-c2cnccn2)c(Br)c1C(=O)O. The maximum atomic E-state index is 11.0. The van der Waals surface area contributed by atoms with Gasteiger partial charge in [-0.25, -0.2) is 4.79 Å². The van der Waals surface area contributed by atoms with Crippen LogP contribution in [0.1, 0.15) is 10.5 Å². The number of hydrogen-bond acceptors (Lipinski definition) is 4. The van der Waals surface area contributed by atoms with E-state index in [-0.39, 0.29) is 5.69 Å². The highest BCUT2D eigenvalue weighted by Gasteiger charge is 2.21. The average molecular weight is 283 g/mol. The van der Waals surface area contributed by atoms with E-state index in [1.807, 2.05) is 0 Å². The lowest BCUT2D eigenvalue weighted by Crippen LogP contribution is -2.05. The number of halogens is 1. The van der Waals surface area contributed by atoms with Gasteiger partial charge in [0.05, 0.1) is 10.7 Å². The number of aromatic carboxylic acids is 1. The van der Waals surface area contributed by atoms with Gasteiger partial charge in [0.1, 0.15) is 11.4 Å². The van der Waals surface area contributed by atoms with Crippen LogP contribution in [0.4, 0.5) is 0 Å². The van der Waals surface area contributed by atoms with Gasteiger partial charge in [-0.2, -0.15) is 5.10 Å². The Morgan fingerprint density at radius 1 is 1.50 bits per heavy atom. The van der Waals surface area contributed by atoms with Crippen LogP contribution >= 0.6 is 15.9 Å². The molecule has 0 fully saturated rings. The van der Waals surface area contributed by atoms with Crippen molar-refractivity contribution >= 4 is 21.9 Å². The van der Waals surface area contributed by atoms with Crippen LogP contribution in [0.25, 0.3) is 11.4 Å². The molecule has 0 saturated carbocycles. The number of aromatic nitrogens is 4. The van der Waals surface area contributed by atoms with E-state index >= 15 is 0 Å². The van der Waals surface area contributed by atoms with Gasteiger partial charge in [-0.05, 0) is 15.9 Å². The molecule has 6 nitrogen and oxygen atoms in total. The Labute approximate surface area is 99.1 Å². The minimum atomic E-state index is -1.04. The molecule has 0 amide bonds. The van der Waals surface area contributed by atoms with E-state index < -0.39 is 5.97 Å². The zero-order chi connectivity index (χ0) is 11.7. The summed E-state index contributed by atoms with van der Waals surface area (Å²) in [6.45, 7) is 0. The highest BCUT2D eigenvalue weighted by atomic mass is 79.9. The van der Waals surface area contributed by atoms with E-state index in [0.29, 0.717) is 15.9 Å². The molecular weight excluding hydrogens is 276 g/mol. The predicted molar refractivity (Wildman–Crippen MR) is 58.9 cm³/mol. The third-order valence-electron chi connectivity index (χ3n) is 2.00. The highest BCUT2D eigenvalue weighted by Crippen LogP contribution is 2.28. The summed E-state index contributed by atoms with van der Waals surface area (Å²) in [4.78, 5) is 18.9. The van der Waals surface area contributed by atoms with Gasteiger partial charge in [-0.15, -0.1) is 0 Å². The maximum Gasteiger partial charge on any atom is 0.355 e. The van der Waals surface area contributed by atoms with Gasteiger partial charge >= 0.3 is 5.97 Å². The summed E-state index contributed by atoms with van der Waals surface area (Å²) < 4.78 is 1.69. The minimum Gasteiger partial charge on any atom is -0.476 e. The van der Waals surface area contributed by atoms with Gasteiger partial charge in [0.25, 0.3) is 0 Å². The smallest absolute Gasteiger partial charge is 0.355 e. The Balaban J connectivity index is 2.61. The number of hydrogen-bond donors (Lipinski definition) is 1. The van der Waals surface area contributed by atoms with Crippen LogP contribution in [0.15, 0.2) is 23.1 Å². The van der Waals surface area contributed by atoms with Crippen LogP contribution in [-0.2, 0) is 7.05 Å². The lowest BCUT2D eigenvalue weighted by Gasteiger charge is -1.94. The molecule has 0 aliphatic heterocycles. The third-order valence-corrected chi connectivity index (χ3v) is 2.75. The summed E-state index contributed by atoms with van der Waals surface area (Å²) in [6.07, 6.45) is 4.59. The predicted octanol–water partition coefficient (Wildman–Crippen LogP) is 1.34. The number of rotatable bonds is 2. The minimum absolute atomic E-state index is 0.0839. The summed E-state index contributed by atoms with van der Waals surface area (Å²) in [5, 5.41) is 13.1. The van der Waals surface area contributed by atoms with Crippen molar-refractivity contribution in [3.8, 4) is 11.4 Å². The van der Waals surface area contributed by atoms with Crippen LogP contribution in [0.2, 0.25) is 0 Å². The number of nitrogens with zero attached hydrogens (tertiary/aromatic N) is 4. The van der Waals surface area contributed by atoms with Gasteiger partial charge in [0, 0.05) is 19.4 Å². The quantitative estimate of drug-likeness (QED) is 0.899. The molecule has 2 aromatic heterocycles. The van der Waals surface area contributed by atoms with Gasteiger partial charge in [-0.3, -0.25) is 14.6 Å². The largest absolute Gasteiger partial charge is 0.476 e. The first-order valence-electron chi connectivity index (χ1n) is 4.33. The van der Waals surface area contributed by atoms with E-state index in [4.69, 9.17) is 5.11 Å². The molecule has 0 unspecified atom stereocenters. The molecule has 0 spiro atoms. The van der Waals surface area contributed by atoms with Crippen molar-refractivity contribution in [3.05, 3.63) is 28.8 Å². The molecule has 0 bridgehead atoms. The Kier molecular flexibility index (Phi) is 2.69. The summed E-state index contributed by atoms with van der Waals surface area (Å²) in [7, 11) is 1.56. The van der Waals surface area contributed by atoms with Crippen molar-refractivity contribution in [1.82, 2.24) is 19.7 Å². The van der Waals surface area contributed by atoms with Gasteiger partial charge in [-0.1, -0.05) is 0 Å². The van der Waals surface area contributed by atoms with Crippen LogP contribution < -0.4 is 0 Å². The molecular formula is C9H7BrN4O2. The molecule has 0 aliphatic carbocycles. The molecule has 0 radical (unpaired) electrons. The van der Waals surface area contributed by atoms with E-state index in [2.05, 4.69) is 31.0 Å². The molecule has 82 valence electrons. The lowest BCUT2D eigenvalue weighted by atomic mass is 10.3. The first kappa shape index (κ1) is 10.7. The maximum absolute atomic E-state index is 11.0. The average Bonchev–Trinajstić information content (AvgIpc) is 2.55. The molecule has 0 saturated heterocycles. The van der Waals surface area contributed by atoms with Crippen molar-refractivity contribution < 1.29 is 9.90 Å². The monoisotopic (exact) mass is 282 g/mol. The van der Waals surface area contributed by atoms with Crippen LogP contribution in [-0.4, -0.2) is 30.8 Å². The molecule has 16 heavy (non-hydrogen) atoms. The summed E-state index contributed by atoms with van der Waals surface area (Å²) in [6, 6.07) is 0. The fourth-order valence-electron chi connectivity index (χ4n) is 1.32. The fraction of sp³-hybridized carbons (Fsp3) is 0.111. The molecule has 7 heteroatoms. The van der Waals surface area contributed by atoms with Gasteiger partial charge < -0.3 is 5.11 Å². The van der Waals surface area contributed by atoms with Gasteiger partial charge in [0.2, 0.25) is 0 Å². The number of carboxylic acid groups (broad SMARTS) is 1. The molecule has 1 N–H and O–H groups in total. The Hall–Kier alpha value is -1.76. The lowest BCUT2D eigenvalue weighted by molar-refractivity contribution is 0.0684. The second-order valence-corrected chi connectivity index (χ2v) is 3.82. The first-order valence-corrected chi connectivity index (χ1v) is 5.12. The van der Waals surface area contributed by atoms with E-state index in [9.17, 15) is 4.79 Å². The van der Waals surface area contributed by atoms with Crippen molar-refractivity contribution in [3.63, 3.8) is 0 Å². The zero-order valence-corrected chi connectivity index (χ0v) is 9.84. The molecule has 0 aromatic carbocycles. The van der Waals surface area contributed by atoms with Crippen molar-refractivity contribution in [1.29, 1.82) is 0 Å². The fourth-order valence-corrected chi connectivity index (χ4v) is 2.02. The first-order chi connectivity index (χ1) is 7.61. The van der Waals surface area contributed by atoms with Crippen molar-refractivity contribution in [2.24, 2.45) is 7.05 Å². The van der Waals surface area contributed by atoms with E-state index in [1.165, 1.54) is 17.1 Å². The van der Waals surface area contributed by atoms with E-state index in [0.717, 1.165) is 0 Å². The third kappa shape index (κ3) is 1.69. The summed E-state index contributed by atoms with van der Waals surface area (Å²) in [5.74, 6) is -1.04. The number of carboxylic acids is 1. The van der Waals surface area contributed by atoms with Crippen LogP contribution in [0.5, 0.6) is 0 Å². The van der Waals surface area contributed by atoms with Crippen LogP contribution in [0, 0.1) is 0 Å². The van der Waals surface area contributed by atoms with Gasteiger partial charge in [0.15, 0.2) is 5.69 Å². The topological polar surface area (TPSA) is 80.9 Å². The Morgan fingerprint density at radius 2 is 2.25 bits per heavy atom. The van der Waals surface area contributed by atoms with Crippen molar-refractivity contribution in [2.75, 3.05) is 0 Å².